The lowest BCUT2D eigenvalue weighted by molar-refractivity contribution is -0.136. The van der Waals surface area contributed by atoms with E-state index in [4.69, 9.17) is 9.47 Å². The molecule has 2 aliphatic rings. The van der Waals surface area contributed by atoms with Crippen molar-refractivity contribution in [3.8, 4) is 11.5 Å². The van der Waals surface area contributed by atoms with E-state index in [0.29, 0.717) is 37.6 Å². The maximum absolute atomic E-state index is 13.2. The molecule has 1 aromatic heterocycles. The quantitative estimate of drug-likeness (QED) is 0.586. The third-order valence-electron chi connectivity index (χ3n) is 6.70. The Labute approximate surface area is 198 Å². The smallest absolute Gasteiger partial charge is 0.274 e. The summed E-state index contributed by atoms with van der Waals surface area (Å²) in [5, 5.41) is 3.29. The minimum absolute atomic E-state index is 0.00729. The molecule has 1 fully saturated rings. The molecule has 5 rings (SSSR count). The van der Waals surface area contributed by atoms with E-state index >= 15 is 0 Å². The SMILES string of the molecule is COc1ccc(CNc2ccc3n(c2=O)C[C@H]2C[C@@H]3CN(C(=O)COc3ccccc3)C2)cc1. The molecule has 7 heteroatoms. The molecule has 0 saturated carbocycles. The number of methoxy groups -OCH3 is 1. The first-order valence-electron chi connectivity index (χ1n) is 11.7. The van der Waals surface area contributed by atoms with E-state index in [1.54, 1.807) is 7.11 Å². The number of piperidine rings is 1. The van der Waals surface area contributed by atoms with Crippen LogP contribution < -0.4 is 20.3 Å². The number of rotatable bonds is 7. The second-order valence-electron chi connectivity index (χ2n) is 8.99. The van der Waals surface area contributed by atoms with Crippen LogP contribution in [-0.4, -0.2) is 42.2 Å². The van der Waals surface area contributed by atoms with Crippen LogP contribution in [0.3, 0.4) is 0 Å². The number of fused-ring (bicyclic) bond motifs is 4. The van der Waals surface area contributed by atoms with Crippen molar-refractivity contribution in [2.45, 2.75) is 25.4 Å². The monoisotopic (exact) mass is 459 g/mol. The first-order valence-corrected chi connectivity index (χ1v) is 11.7. The van der Waals surface area contributed by atoms with E-state index in [0.717, 1.165) is 23.4 Å². The fraction of sp³-hybridized carbons (Fsp3) is 0.333. The van der Waals surface area contributed by atoms with Crippen LogP contribution in [0.25, 0.3) is 0 Å². The van der Waals surface area contributed by atoms with Crippen LogP contribution in [0.2, 0.25) is 0 Å². The van der Waals surface area contributed by atoms with Gasteiger partial charge in [0.25, 0.3) is 11.5 Å². The summed E-state index contributed by atoms with van der Waals surface area (Å²) >= 11 is 0. The largest absolute Gasteiger partial charge is 0.497 e. The summed E-state index contributed by atoms with van der Waals surface area (Å²) in [6.07, 6.45) is 1.00. The Morgan fingerprint density at radius 1 is 0.971 bits per heavy atom. The molecule has 0 aliphatic carbocycles. The van der Waals surface area contributed by atoms with Gasteiger partial charge in [-0.05, 0) is 54.3 Å². The Balaban J connectivity index is 1.25. The number of pyridine rings is 1. The number of ether oxygens (including phenoxy) is 2. The highest BCUT2D eigenvalue weighted by molar-refractivity contribution is 5.78. The van der Waals surface area contributed by atoms with Crippen molar-refractivity contribution in [1.29, 1.82) is 0 Å². The molecule has 2 aromatic carbocycles. The summed E-state index contributed by atoms with van der Waals surface area (Å²) in [5.74, 6) is 1.92. The average molecular weight is 460 g/mol. The summed E-state index contributed by atoms with van der Waals surface area (Å²) in [5.41, 5.74) is 2.70. The van der Waals surface area contributed by atoms with Gasteiger partial charge in [-0.1, -0.05) is 30.3 Å². The minimum Gasteiger partial charge on any atom is -0.497 e. The van der Waals surface area contributed by atoms with Crippen molar-refractivity contribution in [3.05, 3.63) is 88.3 Å². The van der Waals surface area contributed by atoms with Gasteiger partial charge in [-0.3, -0.25) is 9.59 Å². The molecule has 1 N–H and O–H groups in total. The average Bonchev–Trinajstić information content (AvgIpc) is 2.88. The van der Waals surface area contributed by atoms with E-state index in [1.165, 1.54) is 0 Å². The van der Waals surface area contributed by atoms with Gasteiger partial charge in [-0.25, -0.2) is 0 Å². The van der Waals surface area contributed by atoms with Crippen LogP contribution in [0.15, 0.2) is 71.5 Å². The maximum Gasteiger partial charge on any atom is 0.274 e. The lowest BCUT2D eigenvalue weighted by Crippen LogP contribution is -2.50. The number of para-hydroxylation sites is 1. The summed E-state index contributed by atoms with van der Waals surface area (Å²) < 4.78 is 12.8. The molecule has 2 bridgehead atoms. The lowest BCUT2D eigenvalue weighted by atomic mass is 9.83. The summed E-state index contributed by atoms with van der Waals surface area (Å²) in [6, 6.07) is 21.1. The van der Waals surface area contributed by atoms with Crippen LogP contribution >= 0.6 is 0 Å². The summed E-state index contributed by atoms with van der Waals surface area (Å²) in [7, 11) is 1.64. The van der Waals surface area contributed by atoms with E-state index in [1.807, 2.05) is 76.2 Å². The number of likely N-dealkylation sites (tertiary alicyclic amines) is 1. The normalized spacial score (nSPS) is 18.7. The number of carbonyl (C=O) groups is 1. The van der Waals surface area contributed by atoms with Crippen molar-refractivity contribution in [2.24, 2.45) is 5.92 Å². The molecule has 1 saturated heterocycles. The van der Waals surface area contributed by atoms with E-state index in [9.17, 15) is 9.59 Å². The van der Waals surface area contributed by atoms with Crippen LogP contribution in [0.5, 0.6) is 11.5 Å². The highest BCUT2D eigenvalue weighted by atomic mass is 16.5. The number of nitrogens with one attached hydrogen (secondary N) is 1. The van der Waals surface area contributed by atoms with Crippen LogP contribution in [0.1, 0.15) is 23.6 Å². The number of benzene rings is 2. The number of anilines is 1. The number of hydrogen-bond acceptors (Lipinski definition) is 5. The molecule has 176 valence electrons. The Bertz CT molecular complexity index is 1210. The van der Waals surface area contributed by atoms with Gasteiger partial charge in [0.1, 0.15) is 17.2 Å². The van der Waals surface area contributed by atoms with Crippen molar-refractivity contribution in [1.82, 2.24) is 9.47 Å². The van der Waals surface area contributed by atoms with Crippen molar-refractivity contribution in [3.63, 3.8) is 0 Å². The first-order chi connectivity index (χ1) is 16.6. The van der Waals surface area contributed by atoms with Crippen LogP contribution in [0, 0.1) is 5.92 Å². The predicted octanol–water partition coefficient (Wildman–Crippen LogP) is 3.49. The van der Waals surface area contributed by atoms with Gasteiger partial charge in [0, 0.05) is 37.8 Å². The standard InChI is InChI=1S/C27H29N3O4/c1-33-22-9-7-19(8-10-22)14-28-24-11-12-25-21-13-20(16-30(25)27(24)32)15-29(17-21)26(31)18-34-23-5-3-2-4-6-23/h2-12,20-21,28H,13-18H2,1H3/t20-,21+/m0/s1. The minimum atomic E-state index is -0.00729. The second-order valence-corrected chi connectivity index (χ2v) is 8.99. The van der Waals surface area contributed by atoms with E-state index < -0.39 is 0 Å². The maximum atomic E-state index is 13.2. The zero-order valence-corrected chi connectivity index (χ0v) is 19.3. The molecule has 2 aliphatic heterocycles. The molecule has 3 heterocycles. The third-order valence-corrected chi connectivity index (χ3v) is 6.70. The Morgan fingerprint density at radius 3 is 2.53 bits per heavy atom. The summed E-state index contributed by atoms with van der Waals surface area (Å²) in [6.45, 7) is 2.50. The molecule has 0 spiro atoms. The molecular formula is C27H29N3O4. The van der Waals surface area contributed by atoms with Gasteiger partial charge in [-0.2, -0.15) is 0 Å². The van der Waals surface area contributed by atoms with E-state index in [-0.39, 0.29) is 29.9 Å². The van der Waals surface area contributed by atoms with Crippen LogP contribution in [-0.2, 0) is 17.9 Å². The van der Waals surface area contributed by atoms with Gasteiger partial charge < -0.3 is 24.3 Å². The van der Waals surface area contributed by atoms with Crippen molar-refractivity contribution < 1.29 is 14.3 Å². The fourth-order valence-electron chi connectivity index (χ4n) is 4.98. The number of hydrogen-bond donors (Lipinski definition) is 1. The zero-order valence-electron chi connectivity index (χ0n) is 19.3. The predicted molar refractivity (Wildman–Crippen MR) is 130 cm³/mol. The topological polar surface area (TPSA) is 72.8 Å². The molecular weight excluding hydrogens is 430 g/mol. The third kappa shape index (κ3) is 4.64. The van der Waals surface area contributed by atoms with Gasteiger partial charge in [0.15, 0.2) is 6.61 Å². The Hall–Kier alpha value is -3.74. The number of aromatic nitrogens is 1. The fourth-order valence-corrected chi connectivity index (χ4v) is 4.98. The van der Waals surface area contributed by atoms with Gasteiger partial charge in [0.05, 0.1) is 7.11 Å². The highest BCUT2D eigenvalue weighted by Crippen LogP contribution is 2.35. The van der Waals surface area contributed by atoms with Gasteiger partial charge >= 0.3 is 0 Å². The highest BCUT2D eigenvalue weighted by Gasteiger charge is 2.36. The lowest BCUT2D eigenvalue weighted by Gasteiger charge is -2.42. The first kappa shape index (κ1) is 22.1. The molecule has 3 aromatic rings. The molecule has 0 unspecified atom stereocenters. The van der Waals surface area contributed by atoms with E-state index in [2.05, 4.69) is 5.32 Å². The summed E-state index contributed by atoms with van der Waals surface area (Å²) in [4.78, 5) is 27.9. The number of nitrogens with zero attached hydrogens (tertiary/aromatic N) is 2. The molecule has 1 amide bonds. The van der Waals surface area contributed by atoms with Gasteiger partial charge in [-0.15, -0.1) is 0 Å². The molecule has 34 heavy (non-hydrogen) atoms. The Morgan fingerprint density at radius 2 is 1.76 bits per heavy atom. The number of amides is 1. The molecule has 0 radical (unpaired) electrons. The zero-order chi connectivity index (χ0) is 23.5. The number of carbonyl (C=O) groups excluding carboxylic acids is 1. The second kappa shape index (κ2) is 9.63. The molecule has 2 atom stereocenters. The van der Waals surface area contributed by atoms with Crippen molar-refractivity contribution in [2.75, 3.05) is 32.1 Å². The van der Waals surface area contributed by atoms with Crippen LogP contribution in [0.4, 0.5) is 5.69 Å². The van der Waals surface area contributed by atoms with Gasteiger partial charge in [0.2, 0.25) is 0 Å². The molecule has 7 nitrogen and oxygen atoms in total. The van der Waals surface area contributed by atoms with Crippen molar-refractivity contribution >= 4 is 11.6 Å². The Kier molecular flexibility index (Phi) is 6.25.